The van der Waals surface area contributed by atoms with Crippen LogP contribution in [0.3, 0.4) is 0 Å². The van der Waals surface area contributed by atoms with Gasteiger partial charge in [0.05, 0.1) is 18.1 Å². The van der Waals surface area contributed by atoms with Gasteiger partial charge in [0, 0.05) is 16.4 Å². The summed E-state index contributed by atoms with van der Waals surface area (Å²) in [7, 11) is 0. The predicted molar refractivity (Wildman–Crippen MR) is 92.7 cm³/mol. The second-order valence-corrected chi connectivity index (χ2v) is 5.61. The van der Waals surface area contributed by atoms with Gasteiger partial charge in [-0.1, -0.05) is 16.8 Å². The van der Waals surface area contributed by atoms with Gasteiger partial charge in [-0.2, -0.15) is 5.10 Å². The molecule has 0 spiro atoms. The van der Waals surface area contributed by atoms with Crippen molar-refractivity contribution >= 4 is 29.3 Å². The van der Waals surface area contributed by atoms with E-state index in [2.05, 4.69) is 25.5 Å². The molecule has 2 heterocycles. The molecule has 0 aliphatic rings. The molecule has 0 amide bonds. The van der Waals surface area contributed by atoms with Crippen LogP contribution in [-0.2, 0) is 0 Å². The molecule has 7 nitrogen and oxygen atoms in total. The van der Waals surface area contributed by atoms with Crippen LogP contribution in [0.5, 0.6) is 0 Å². The molecule has 8 heteroatoms. The number of halogens is 1. The van der Waals surface area contributed by atoms with Gasteiger partial charge in [-0.25, -0.2) is 14.6 Å². The fourth-order valence-corrected chi connectivity index (χ4v) is 2.39. The van der Waals surface area contributed by atoms with Crippen LogP contribution < -0.4 is 5.32 Å². The predicted octanol–water partition coefficient (Wildman–Crippen LogP) is 3.48. The third-order valence-corrected chi connectivity index (χ3v) is 3.55. The van der Waals surface area contributed by atoms with E-state index < -0.39 is 0 Å². The SMILES string of the molecule is Cc1cc(C)n(-c2cnc(C=NO)c(Nc3ccc(Cl)cc3)n2)n1. The van der Waals surface area contributed by atoms with Crippen LogP contribution in [-0.4, -0.2) is 31.2 Å². The maximum absolute atomic E-state index is 8.82. The highest BCUT2D eigenvalue weighted by Gasteiger charge is 2.11. The highest BCUT2D eigenvalue weighted by atomic mass is 35.5. The summed E-state index contributed by atoms with van der Waals surface area (Å²) in [6.45, 7) is 3.85. The zero-order valence-electron chi connectivity index (χ0n) is 13.1. The molecule has 122 valence electrons. The van der Waals surface area contributed by atoms with Crippen molar-refractivity contribution in [2.45, 2.75) is 13.8 Å². The molecule has 2 aromatic heterocycles. The Morgan fingerprint density at radius 2 is 2.00 bits per heavy atom. The van der Waals surface area contributed by atoms with E-state index in [0.29, 0.717) is 22.4 Å². The number of nitrogens with one attached hydrogen (secondary N) is 1. The lowest BCUT2D eigenvalue weighted by molar-refractivity contribution is 0.321. The number of aryl methyl sites for hydroxylation is 2. The molecular formula is C16H15ClN6O. The summed E-state index contributed by atoms with van der Waals surface area (Å²) in [5, 5.41) is 20.0. The van der Waals surface area contributed by atoms with Crippen molar-refractivity contribution in [2.24, 2.45) is 5.16 Å². The molecule has 0 atom stereocenters. The summed E-state index contributed by atoms with van der Waals surface area (Å²) in [5.74, 6) is 1.01. The van der Waals surface area contributed by atoms with Gasteiger partial charge in [0.1, 0.15) is 5.69 Å². The molecule has 2 N–H and O–H groups in total. The first kappa shape index (κ1) is 15.9. The van der Waals surface area contributed by atoms with Crippen molar-refractivity contribution in [1.82, 2.24) is 19.7 Å². The normalized spacial score (nSPS) is 11.1. The molecule has 0 aliphatic heterocycles. The fraction of sp³-hybridized carbons (Fsp3) is 0.125. The number of oxime groups is 1. The molecule has 0 aliphatic carbocycles. The Bertz CT molecular complexity index is 888. The fourth-order valence-electron chi connectivity index (χ4n) is 2.26. The highest BCUT2D eigenvalue weighted by molar-refractivity contribution is 6.30. The van der Waals surface area contributed by atoms with Crippen LogP contribution in [0, 0.1) is 13.8 Å². The first-order chi connectivity index (χ1) is 11.6. The van der Waals surface area contributed by atoms with Crippen molar-refractivity contribution in [1.29, 1.82) is 0 Å². The van der Waals surface area contributed by atoms with Crippen molar-refractivity contribution in [3.8, 4) is 5.82 Å². The number of anilines is 2. The second-order valence-electron chi connectivity index (χ2n) is 5.18. The molecule has 0 saturated heterocycles. The van der Waals surface area contributed by atoms with Crippen molar-refractivity contribution in [3.05, 3.63) is 58.6 Å². The van der Waals surface area contributed by atoms with Crippen LogP contribution in [0.2, 0.25) is 5.02 Å². The summed E-state index contributed by atoms with van der Waals surface area (Å²) in [5.41, 5.74) is 3.02. The van der Waals surface area contributed by atoms with Gasteiger partial charge < -0.3 is 10.5 Å². The topological polar surface area (TPSA) is 88.2 Å². The molecule has 1 aromatic carbocycles. The van der Waals surface area contributed by atoms with Gasteiger partial charge >= 0.3 is 0 Å². The quantitative estimate of drug-likeness (QED) is 0.430. The minimum Gasteiger partial charge on any atom is -0.411 e. The zero-order chi connectivity index (χ0) is 17.1. The molecule has 0 unspecified atom stereocenters. The van der Waals surface area contributed by atoms with E-state index in [1.165, 1.54) is 6.21 Å². The zero-order valence-corrected chi connectivity index (χ0v) is 13.9. The number of aromatic nitrogens is 4. The first-order valence-corrected chi connectivity index (χ1v) is 7.55. The van der Waals surface area contributed by atoms with Crippen LogP contribution in [0.15, 0.2) is 41.7 Å². The standard InChI is InChI=1S/C16H15ClN6O/c1-10-7-11(2)23(22-10)15-9-18-14(8-19-24)16(21-15)20-13-5-3-12(17)4-6-13/h3-9,24H,1-2H3,(H,20,21). The minimum absolute atomic E-state index is 0.401. The Kier molecular flexibility index (Phi) is 4.43. The average Bonchev–Trinajstić information content (AvgIpc) is 2.90. The van der Waals surface area contributed by atoms with Crippen LogP contribution >= 0.6 is 11.6 Å². The minimum atomic E-state index is 0.401. The molecule has 3 rings (SSSR count). The van der Waals surface area contributed by atoms with Gasteiger partial charge in [0.2, 0.25) is 0 Å². The molecule has 24 heavy (non-hydrogen) atoms. The third-order valence-electron chi connectivity index (χ3n) is 3.30. The Balaban J connectivity index is 2.03. The van der Waals surface area contributed by atoms with Gasteiger partial charge in [-0.05, 0) is 44.2 Å². The van der Waals surface area contributed by atoms with Crippen LogP contribution in [0.1, 0.15) is 17.1 Å². The maximum Gasteiger partial charge on any atom is 0.174 e. The summed E-state index contributed by atoms with van der Waals surface area (Å²) in [4.78, 5) is 8.83. The van der Waals surface area contributed by atoms with E-state index >= 15 is 0 Å². The van der Waals surface area contributed by atoms with E-state index in [-0.39, 0.29) is 0 Å². The van der Waals surface area contributed by atoms with Gasteiger partial charge in [-0.3, -0.25) is 0 Å². The Morgan fingerprint density at radius 3 is 2.62 bits per heavy atom. The Hall–Kier alpha value is -2.93. The van der Waals surface area contributed by atoms with Gasteiger partial charge in [0.25, 0.3) is 0 Å². The van der Waals surface area contributed by atoms with Crippen molar-refractivity contribution < 1.29 is 5.21 Å². The summed E-state index contributed by atoms with van der Waals surface area (Å²) in [6, 6.07) is 9.13. The second kappa shape index (κ2) is 6.67. The number of rotatable bonds is 4. The van der Waals surface area contributed by atoms with Gasteiger partial charge in [-0.15, -0.1) is 0 Å². The lowest BCUT2D eigenvalue weighted by Crippen LogP contribution is -2.08. The van der Waals surface area contributed by atoms with Crippen LogP contribution in [0.4, 0.5) is 11.5 Å². The third kappa shape index (κ3) is 3.36. The molecule has 0 fully saturated rings. The number of hydrogen-bond acceptors (Lipinski definition) is 6. The van der Waals surface area contributed by atoms with Crippen molar-refractivity contribution in [2.75, 3.05) is 5.32 Å². The molecule has 0 radical (unpaired) electrons. The van der Waals surface area contributed by atoms with E-state index in [1.807, 2.05) is 32.0 Å². The van der Waals surface area contributed by atoms with E-state index in [0.717, 1.165) is 17.1 Å². The van der Waals surface area contributed by atoms with Gasteiger partial charge in [0.15, 0.2) is 11.6 Å². The molecule has 3 aromatic rings. The summed E-state index contributed by atoms with van der Waals surface area (Å²) in [6.07, 6.45) is 2.79. The maximum atomic E-state index is 8.82. The summed E-state index contributed by atoms with van der Waals surface area (Å²) >= 11 is 5.90. The smallest absolute Gasteiger partial charge is 0.174 e. The molecule has 0 saturated carbocycles. The van der Waals surface area contributed by atoms with E-state index in [1.54, 1.807) is 23.0 Å². The summed E-state index contributed by atoms with van der Waals surface area (Å²) < 4.78 is 1.70. The Morgan fingerprint density at radius 1 is 1.25 bits per heavy atom. The van der Waals surface area contributed by atoms with Crippen LogP contribution in [0.25, 0.3) is 5.82 Å². The monoisotopic (exact) mass is 342 g/mol. The number of hydrogen-bond donors (Lipinski definition) is 2. The average molecular weight is 343 g/mol. The van der Waals surface area contributed by atoms with E-state index in [9.17, 15) is 0 Å². The lowest BCUT2D eigenvalue weighted by Gasteiger charge is -2.10. The van der Waals surface area contributed by atoms with Crippen molar-refractivity contribution in [3.63, 3.8) is 0 Å². The first-order valence-electron chi connectivity index (χ1n) is 7.17. The number of nitrogens with zero attached hydrogens (tertiary/aromatic N) is 5. The highest BCUT2D eigenvalue weighted by Crippen LogP contribution is 2.20. The van der Waals surface area contributed by atoms with E-state index in [4.69, 9.17) is 16.8 Å². The number of benzene rings is 1. The molecular weight excluding hydrogens is 328 g/mol. The molecule has 0 bridgehead atoms. The lowest BCUT2D eigenvalue weighted by atomic mass is 10.3. The largest absolute Gasteiger partial charge is 0.411 e. The Labute approximate surface area is 143 Å².